The summed E-state index contributed by atoms with van der Waals surface area (Å²) in [6.45, 7) is 0. The number of hydrogen-bond donors (Lipinski definition) is 0. The topological polar surface area (TPSA) is 38.7 Å². The summed E-state index contributed by atoms with van der Waals surface area (Å²) in [6.07, 6.45) is 6.00. The number of aromatic nitrogens is 3. The van der Waals surface area contributed by atoms with Gasteiger partial charge in [-0.2, -0.15) is 0 Å². The number of fused-ring (bicyclic) bond motifs is 2. The van der Waals surface area contributed by atoms with Gasteiger partial charge in [0.15, 0.2) is 17.5 Å². The Morgan fingerprint density at radius 3 is 1.45 bits per heavy atom. The Morgan fingerprint density at radius 1 is 0.321 bits per heavy atom. The highest BCUT2D eigenvalue weighted by atomic mass is 15.0. The zero-order valence-corrected chi connectivity index (χ0v) is 31.3. The van der Waals surface area contributed by atoms with E-state index >= 15 is 0 Å². The lowest BCUT2D eigenvalue weighted by Crippen LogP contribution is -2.30. The average molecular weight is 720 g/mol. The van der Waals surface area contributed by atoms with Gasteiger partial charge in [0.2, 0.25) is 0 Å². The molecule has 9 aromatic rings. The smallest absolute Gasteiger partial charge is 0.164 e. The average Bonchev–Trinajstić information content (AvgIpc) is 3.29. The van der Waals surface area contributed by atoms with E-state index in [0.717, 1.165) is 40.3 Å². The first-order valence-corrected chi connectivity index (χ1v) is 19.8. The van der Waals surface area contributed by atoms with Crippen LogP contribution in [0.2, 0.25) is 0 Å². The molecule has 1 aliphatic carbocycles. The fourth-order valence-electron chi connectivity index (χ4n) is 8.93. The summed E-state index contributed by atoms with van der Waals surface area (Å²) in [5.74, 6) is 2.04. The summed E-state index contributed by atoms with van der Waals surface area (Å²) in [5, 5.41) is 4.84. The van der Waals surface area contributed by atoms with Gasteiger partial charge in [0.05, 0.1) is 0 Å². The molecular weight excluding hydrogens is 679 g/mol. The Bertz CT molecular complexity index is 2810. The molecule has 0 bridgehead atoms. The van der Waals surface area contributed by atoms with Crippen LogP contribution < -0.4 is 0 Å². The van der Waals surface area contributed by atoms with Gasteiger partial charge >= 0.3 is 0 Å². The molecular formula is C53H41N3. The van der Waals surface area contributed by atoms with Crippen LogP contribution in [0.15, 0.2) is 188 Å². The Kier molecular flexibility index (Phi) is 8.76. The van der Waals surface area contributed by atoms with Crippen molar-refractivity contribution in [3.63, 3.8) is 0 Å². The molecule has 10 rings (SSSR count). The highest BCUT2D eigenvalue weighted by Gasteiger charge is 2.35. The van der Waals surface area contributed by atoms with Crippen molar-refractivity contribution in [1.29, 1.82) is 0 Å². The van der Waals surface area contributed by atoms with Gasteiger partial charge in [-0.25, -0.2) is 15.0 Å². The van der Waals surface area contributed by atoms with E-state index in [-0.39, 0.29) is 5.41 Å². The van der Waals surface area contributed by atoms with E-state index in [1.165, 1.54) is 63.4 Å². The minimum Gasteiger partial charge on any atom is -0.208 e. The van der Waals surface area contributed by atoms with Crippen molar-refractivity contribution in [2.45, 2.75) is 37.5 Å². The standard InChI is InChI=1S/C53H41N3/c1-3-16-40(17-4-1)50-54-51(56-52(55-50)49-25-13-19-39-15-6-8-23-47(39)49)41-28-32-45(33-29-41)53(34-9-2-10-35-53)44-30-26-37(27-31-44)42-20-11-21-43(36-42)48-24-12-18-38-14-5-7-22-46(38)48/h1,3-8,11-33,36H,2,9-10,34-35H2. The zero-order valence-electron chi connectivity index (χ0n) is 31.3. The predicted octanol–water partition coefficient (Wildman–Crippen LogP) is 13.8. The largest absolute Gasteiger partial charge is 0.208 e. The fraction of sp³-hybridized carbons (Fsp3) is 0.113. The lowest BCUT2D eigenvalue weighted by Gasteiger charge is -2.39. The van der Waals surface area contributed by atoms with Crippen LogP contribution >= 0.6 is 0 Å². The van der Waals surface area contributed by atoms with Crippen molar-refractivity contribution >= 4 is 21.5 Å². The van der Waals surface area contributed by atoms with Crippen LogP contribution in [0.5, 0.6) is 0 Å². The van der Waals surface area contributed by atoms with E-state index in [1.807, 2.05) is 18.2 Å². The van der Waals surface area contributed by atoms with Crippen LogP contribution in [0.4, 0.5) is 0 Å². The monoisotopic (exact) mass is 719 g/mol. The van der Waals surface area contributed by atoms with Crippen LogP contribution in [0.3, 0.4) is 0 Å². The Labute approximate surface area is 328 Å². The molecule has 1 aromatic heterocycles. The van der Waals surface area contributed by atoms with Crippen molar-refractivity contribution in [3.05, 3.63) is 199 Å². The lowest BCUT2D eigenvalue weighted by molar-refractivity contribution is 0.346. The van der Waals surface area contributed by atoms with Crippen molar-refractivity contribution in [3.8, 4) is 56.4 Å². The predicted molar refractivity (Wildman–Crippen MR) is 232 cm³/mol. The normalized spacial score (nSPS) is 13.9. The Balaban J connectivity index is 0.998. The zero-order chi connectivity index (χ0) is 37.3. The molecule has 0 unspecified atom stereocenters. The molecule has 56 heavy (non-hydrogen) atoms. The van der Waals surface area contributed by atoms with Crippen LogP contribution in [0.25, 0.3) is 78.0 Å². The molecule has 0 N–H and O–H groups in total. The maximum absolute atomic E-state index is 5.12. The van der Waals surface area contributed by atoms with E-state index < -0.39 is 0 Å². The molecule has 0 saturated heterocycles. The third-order valence-corrected chi connectivity index (χ3v) is 11.8. The van der Waals surface area contributed by atoms with Crippen LogP contribution in [0, 0.1) is 0 Å². The maximum Gasteiger partial charge on any atom is 0.164 e. The molecule has 268 valence electrons. The quantitative estimate of drug-likeness (QED) is 0.165. The summed E-state index contributed by atoms with van der Waals surface area (Å²) in [7, 11) is 0. The molecule has 3 nitrogen and oxygen atoms in total. The van der Waals surface area contributed by atoms with Crippen molar-refractivity contribution in [2.75, 3.05) is 0 Å². The molecule has 0 spiro atoms. The van der Waals surface area contributed by atoms with Crippen molar-refractivity contribution < 1.29 is 0 Å². The summed E-state index contributed by atoms with van der Waals surface area (Å²) >= 11 is 0. The molecule has 1 saturated carbocycles. The molecule has 8 aromatic carbocycles. The Morgan fingerprint density at radius 2 is 0.786 bits per heavy atom. The van der Waals surface area contributed by atoms with E-state index in [1.54, 1.807) is 0 Å². The first kappa shape index (κ1) is 33.8. The maximum atomic E-state index is 5.12. The Hall–Kier alpha value is -6.71. The van der Waals surface area contributed by atoms with Crippen LogP contribution in [-0.4, -0.2) is 15.0 Å². The van der Waals surface area contributed by atoms with Crippen LogP contribution in [0.1, 0.15) is 43.2 Å². The van der Waals surface area contributed by atoms with Gasteiger partial charge in [0.25, 0.3) is 0 Å². The molecule has 1 aliphatic rings. The van der Waals surface area contributed by atoms with Crippen LogP contribution in [-0.2, 0) is 5.41 Å². The van der Waals surface area contributed by atoms with Gasteiger partial charge in [-0.3, -0.25) is 0 Å². The van der Waals surface area contributed by atoms with Gasteiger partial charge < -0.3 is 0 Å². The van der Waals surface area contributed by atoms with Gasteiger partial charge in [-0.05, 0) is 73.8 Å². The number of rotatable bonds is 7. The first-order valence-electron chi connectivity index (χ1n) is 19.8. The molecule has 0 atom stereocenters. The third-order valence-electron chi connectivity index (χ3n) is 11.8. The molecule has 0 amide bonds. The second kappa shape index (κ2) is 14.5. The molecule has 1 fully saturated rings. The number of hydrogen-bond acceptors (Lipinski definition) is 3. The minimum atomic E-state index is -0.0392. The van der Waals surface area contributed by atoms with Crippen molar-refractivity contribution in [2.24, 2.45) is 0 Å². The fourth-order valence-corrected chi connectivity index (χ4v) is 8.93. The van der Waals surface area contributed by atoms with E-state index in [4.69, 9.17) is 15.0 Å². The highest BCUT2D eigenvalue weighted by Crippen LogP contribution is 2.46. The minimum absolute atomic E-state index is 0.0392. The van der Waals surface area contributed by atoms with E-state index in [9.17, 15) is 0 Å². The molecule has 0 aliphatic heterocycles. The SMILES string of the molecule is c1ccc(-c2nc(-c3ccc(C4(c5ccc(-c6cccc(-c7cccc8ccccc78)c6)cc5)CCCCC4)cc3)nc(-c3cccc4ccccc34)n2)cc1. The molecule has 1 heterocycles. The summed E-state index contributed by atoms with van der Waals surface area (Å²) in [5.41, 5.74) is 10.7. The van der Waals surface area contributed by atoms with Gasteiger partial charge in [0.1, 0.15) is 0 Å². The molecule has 0 radical (unpaired) electrons. The van der Waals surface area contributed by atoms with E-state index in [0.29, 0.717) is 17.5 Å². The van der Waals surface area contributed by atoms with E-state index in [2.05, 4.69) is 170 Å². The van der Waals surface area contributed by atoms with Gasteiger partial charge in [-0.15, -0.1) is 0 Å². The van der Waals surface area contributed by atoms with Crippen molar-refractivity contribution in [1.82, 2.24) is 15.0 Å². The van der Waals surface area contributed by atoms with Gasteiger partial charge in [-0.1, -0.05) is 201 Å². The summed E-state index contributed by atoms with van der Waals surface area (Å²) in [4.78, 5) is 15.2. The summed E-state index contributed by atoms with van der Waals surface area (Å²) < 4.78 is 0. The van der Waals surface area contributed by atoms with Gasteiger partial charge in [0, 0.05) is 22.1 Å². The first-order chi connectivity index (χ1) is 27.7. The number of nitrogens with zero attached hydrogens (tertiary/aromatic N) is 3. The lowest BCUT2D eigenvalue weighted by atomic mass is 9.65. The molecule has 3 heteroatoms. The second-order valence-electron chi connectivity index (χ2n) is 15.1. The second-order valence-corrected chi connectivity index (χ2v) is 15.1. The highest BCUT2D eigenvalue weighted by molar-refractivity contribution is 5.97. The summed E-state index contributed by atoms with van der Waals surface area (Å²) in [6, 6.07) is 67.7. The third kappa shape index (κ3) is 6.25. The number of benzene rings is 8.